The second kappa shape index (κ2) is 9.14. The van der Waals surface area contributed by atoms with Crippen LogP contribution in [-0.4, -0.2) is 50.4 Å². The van der Waals surface area contributed by atoms with Gasteiger partial charge in [0.2, 0.25) is 0 Å². The molecule has 2 N–H and O–H groups in total. The second-order valence-electron chi connectivity index (χ2n) is 10.3. The van der Waals surface area contributed by atoms with Crippen LogP contribution in [0.3, 0.4) is 0 Å². The molecule has 3 unspecified atom stereocenters. The molecule has 9 heteroatoms. The summed E-state index contributed by atoms with van der Waals surface area (Å²) in [5.41, 5.74) is 1.99. The summed E-state index contributed by atoms with van der Waals surface area (Å²) in [5, 5.41) is 3.84. The zero-order valence-electron chi connectivity index (χ0n) is 20.5. The smallest absolute Gasteiger partial charge is 0.326 e. The maximum absolute atomic E-state index is 15.1. The summed E-state index contributed by atoms with van der Waals surface area (Å²) in [6.07, 6.45) is 4.94. The molecule has 2 aromatic heterocycles. The fraction of sp³-hybridized carbons (Fsp3) is 0.357. The van der Waals surface area contributed by atoms with Crippen molar-refractivity contribution >= 4 is 33.8 Å². The third kappa shape index (κ3) is 4.18. The maximum Gasteiger partial charge on any atom is 0.326 e. The normalized spacial score (nSPS) is 21.7. The Labute approximate surface area is 212 Å². The number of carbonyl (C=O) groups is 2. The summed E-state index contributed by atoms with van der Waals surface area (Å²) in [7, 11) is 1.69. The lowest BCUT2D eigenvalue weighted by molar-refractivity contribution is 0.0475. The number of aromatic nitrogens is 3. The molecule has 2 aromatic carbocycles. The van der Waals surface area contributed by atoms with Gasteiger partial charge in [0.25, 0.3) is 11.8 Å². The second-order valence-corrected chi connectivity index (χ2v) is 10.3. The van der Waals surface area contributed by atoms with Gasteiger partial charge in [0.05, 0.1) is 16.6 Å². The van der Waals surface area contributed by atoms with Crippen LogP contribution < -0.4 is 11.0 Å². The molecule has 2 amide bonds. The van der Waals surface area contributed by atoms with E-state index in [4.69, 9.17) is 0 Å². The zero-order valence-corrected chi connectivity index (χ0v) is 20.5. The van der Waals surface area contributed by atoms with Crippen LogP contribution in [-0.2, 0) is 7.05 Å². The van der Waals surface area contributed by atoms with Crippen LogP contribution in [0, 0.1) is 17.7 Å². The Morgan fingerprint density at radius 1 is 1.11 bits per heavy atom. The molecule has 1 saturated carbocycles. The Bertz CT molecular complexity index is 1590. The number of aryl methyl sites for hydroxylation is 1. The van der Waals surface area contributed by atoms with Gasteiger partial charge in [-0.15, -0.1) is 0 Å². The van der Waals surface area contributed by atoms with Gasteiger partial charge in [-0.2, -0.15) is 0 Å². The lowest BCUT2D eigenvalue weighted by Crippen LogP contribution is -2.49. The first-order valence-electron chi connectivity index (χ1n) is 12.7. The average molecular weight is 502 g/mol. The number of benzene rings is 2. The van der Waals surface area contributed by atoms with Gasteiger partial charge in [0, 0.05) is 43.3 Å². The van der Waals surface area contributed by atoms with E-state index >= 15 is 4.39 Å². The summed E-state index contributed by atoms with van der Waals surface area (Å²) in [5.74, 6) is -0.261. The third-order valence-corrected chi connectivity index (χ3v) is 8.10. The molecule has 0 bridgehead atoms. The van der Waals surface area contributed by atoms with Gasteiger partial charge in [-0.05, 0) is 67.9 Å². The van der Waals surface area contributed by atoms with Gasteiger partial charge in [0.15, 0.2) is 5.82 Å². The number of amides is 2. The topological polar surface area (TPSA) is 100 Å². The number of H-pyrrole nitrogens is 1. The monoisotopic (exact) mass is 501 g/mol. The molecule has 1 aliphatic carbocycles. The Hall–Kier alpha value is -4.01. The third-order valence-electron chi connectivity index (χ3n) is 8.10. The number of hydrogen-bond donors (Lipinski definition) is 2. The number of aromatic amines is 1. The van der Waals surface area contributed by atoms with Crippen molar-refractivity contribution in [3.63, 3.8) is 0 Å². The van der Waals surface area contributed by atoms with E-state index in [1.165, 1.54) is 10.8 Å². The van der Waals surface area contributed by atoms with Gasteiger partial charge in [0.1, 0.15) is 5.52 Å². The number of pyridine rings is 1. The molecule has 1 aliphatic heterocycles. The van der Waals surface area contributed by atoms with Crippen LogP contribution in [0.4, 0.5) is 4.39 Å². The van der Waals surface area contributed by atoms with Crippen molar-refractivity contribution < 1.29 is 14.0 Å². The predicted octanol–water partition coefficient (Wildman–Crippen LogP) is 3.61. The lowest BCUT2D eigenvalue weighted by atomic mass is 9.73. The molecule has 190 valence electrons. The van der Waals surface area contributed by atoms with Crippen LogP contribution in [0.1, 0.15) is 46.4 Å². The number of nitrogens with zero attached hydrogens (tertiary/aromatic N) is 3. The van der Waals surface area contributed by atoms with Crippen molar-refractivity contribution in [1.82, 2.24) is 24.8 Å². The van der Waals surface area contributed by atoms with Crippen LogP contribution >= 0.6 is 0 Å². The van der Waals surface area contributed by atoms with E-state index in [2.05, 4.69) is 15.3 Å². The molecule has 4 aromatic rings. The number of likely N-dealkylation sites (tertiary alicyclic amines) is 1. The highest BCUT2D eigenvalue weighted by Crippen LogP contribution is 2.37. The lowest BCUT2D eigenvalue weighted by Gasteiger charge is -2.43. The number of rotatable bonds is 3. The summed E-state index contributed by atoms with van der Waals surface area (Å²) in [6.45, 7) is 1.17. The highest BCUT2D eigenvalue weighted by Gasteiger charge is 2.37. The predicted molar refractivity (Wildman–Crippen MR) is 138 cm³/mol. The molecule has 1 saturated heterocycles. The van der Waals surface area contributed by atoms with E-state index in [-0.39, 0.29) is 34.6 Å². The van der Waals surface area contributed by atoms with Gasteiger partial charge >= 0.3 is 5.69 Å². The quantitative estimate of drug-likeness (QED) is 0.448. The molecule has 6 rings (SSSR count). The van der Waals surface area contributed by atoms with E-state index in [9.17, 15) is 14.4 Å². The van der Waals surface area contributed by atoms with Crippen LogP contribution in [0.5, 0.6) is 0 Å². The highest BCUT2D eigenvalue weighted by atomic mass is 19.1. The van der Waals surface area contributed by atoms with E-state index in [1.54, 1.807) is 54.4 Å². The van der Waals surface area contributed by atoms with Crippen molar-refractivity contribution in [3.8, 4) is 0 Å². The Morgan fingerprint density at radius 2 is 1.97 bits per heavy atom. The molecule has 0 spiro atoms. The minimum atomic E-state index is -0.561. The van der Waals surface area contributed by atoms with Crippen molar-refractivity contribution in [2.24, 2.45) is 18.9 Å². The summed E-state index contributed by atoms with van der Waals surface area (Å²) >= 11 is 0. The van der Waals surface area contributed by atoms with Crippen molar-refractivity contribution in [2.45, 2.75) is 31.7 Å². The van der Waals surface area contributed by atoms with E-state index in [0.717, 1.165) is 31.2 Å². The molecule has 8 nitrogen and oxygen atoms in total. The highest BCUT2D eigenvalue weighted by molar-refractivity contribution is 5.99. The molecule has 37 heavy (non-hydrogen) atoms. The Morgan fingerprint density at radius 3 is 2.84 bits per heavy atom. The summed E-state index contributed by atoms with van der Waals surface area (Å²) in [4.78, 5) is 46.6. The number of hydrogen-bond acceptors (Lipinski definition) is 4. The maximum atomic E-state index is 15.1. The minimum absolute atomic E-state index is 0.0607. The number of nitrogens with one attached hydrogen (secondary N) is 2. The molecule has 0 radical (unpaired) electrons. The van der Waals surface area contributed by atoms with Crippen LogP contribution in [0.2, 0.25) is 0 Å². The molecule has 3 atom stereocenters. The largest absolute Gasteiger partial charge is 0.349 e. The number of carbonyl (C=O) groups excluding carboxylic acids is 2. The van der Waals surface area contributed by atoms with Crippen molar-refractivity contribution in [1.29, 1.82) is 0 Å². The van der Waals surface area contributed by atoms with Gasteiger partial charge < -0.3 is 15.2 Å². The first kappa shape index (κ1) is 23.4. The molecular weight excluding hydrogens is 473 g/mol. The summed E-state index contributed by atoms with van der Waals surface area (Å²) < 4.78 is 16.6. The molecular formula is C28H28FN5O3. The van der Waals surface area contributed by atoms with Gasteiger partial charge in [-0.25, -0.2) is 9.18 Å². The van der Waals surface area contributed by atoms with E-state index in [1.807, 2.05) is 0 Å². The standard InChI is InChI=1S/C28H28FN5O3/c1-33-23-9-6-18(14-22(23)32-28(33)37)26(35)31-20-7-4-19-15-34(12-10-17(19)13-20)27(36)21-8-5-16-3-2-11-30-25(16)24(21)29/h2-3,5-6,8-9,11,14,17,19-20H,4,7,10,12-13,15H2,1H3,(H,31,35)(H,32,37). The van der Waals surface area contributed by atoms with Crippen molar-refractivity contribution in [3.05, 3.63) is 76.1 Å². The van der Waals surface area contributed by atoms with Gasteiger partial charge in [-0.1, -0.05) is 12.1 Å². The number of halogens is 1. The zero-order chi connectivity index (χ0) is 25.7. The minimum Gasteiger partial charge on any atom is -0.349 e. The average Bonchev–Trinajstić information content (AvgIpc) is 3.20. The Balaban J connectivity index is 1.09. The molecule has 2 fully saturated rings. The fourth-order valence-electron chi connectivity index (χ4n) is 6.02. The van der Waals surface area contributed by atoms with E-state index in [0.29, 0.717) is 41.4 Å². The number of piperidine rings is 1. The summed E-state index contributed by atoms with van der Waals surface area (Å²) in [6, 6.07) is 12.1. The van der Waals surface area contributed by atoms with Crippen LogP contribution in [0.15, 0.2) is 53.5 Å². The first-order valence-corrected chi connectivity index (χ1v) is 12.7. The molecule has 2 aliphatic rings. The van der Waals surface area contributed by atoms with Crippen LogP contribution in [0.25, 0.3) is 21.9 Å². The number of fused-ring (bicyclic) bond motifs is 3. The first-order chi connectivity index (χ1) is 17.9. The molecule has 3 heterocycles. The van der Waals surface area contributed by atoms with Crippen molar-refractivity contribution in [2.75, 3.05) is 13.1 Å². The fourth-order valence-corrected chi connectivity index (χ4v) is 6.02. The Kier molecular flexibility index (Phi) is 5.78. The number of imidazole rings is 1. The SMILES string of the molecule is Cn1c(=O)[nH]c2cc(C(=O)NC3CCC4CN(C(=O)c5ccc6cccnc6c5F)CCC4C3)ccc21. The van der Waals surface area contributed by atoms with E-state index < -0.39 is 5.82 Å². The van der Waals surface area contributed by atoms with Gasteiger partial charge in [-0.3, -0.25) is 19.1 Å².